The molecular formula is C25H25ClN8. The van der Waals surface area contributed by atoms with Gasteiger partial charge in [0.25, 0.3) is 5.62 Å². The predicted octanol–water partition coefficient (Wildman–Crippen LogP) is 3.51. The van der Waals surface area contributed by atoms with Gasteiger partial charge in [-0.05, 0) is 31.3 Å². The summed E-state index contributed by atoms with van der Waals surface area (Å²) in [6, 6.07) is 14.0. The van der Waals surface area contributed by atoms with Crippen molar-refractivity contribution in [3.8, 4) is 22.5 Å². The summed E-state index contributed by atoms with van der Waals surface area (Å²) in [4.78, 5) is 23.2. The summed E-state index contributed by atoms with van der Waals surface area (Å²) in [6.45, 7) is 5.73. The van der Waals surface area contributed by atoms with Crippen LogP contribution in [0.2, 0.25) is 5.02 Å². The van der Waals surface area contributed by atoms with Crippen LogP contribution in [0.3, 0.4) is 0 Å². The molecule has 0 atom stereocenters. The van der Waals surface area contributed by atoms with E-state index in [9.17, 15) is 0 Å². The van der Waals surface area contributed by atoms with Gasteiger partial charge in [0.2, 0.25) is 0 Å². The van der Waals surface area contributed by atoms with Crippen LogP contribution in [-0.2, 0) is 6.54 Å². The van der Waals surface area contributed by atoms with Crippen LogP contribution < -0.4 is 15.8 Å². The quantitative estimate of drug-likeness (QED) is 0.492. The van der Waals surface area contributed by atoms with E-state index in [2.05, 4.69) is 47.8 Å². The molecule has 0 spiro atoms. The first-order chi connectivity index (χ1) is 16.7. The highest BCUT2D eigenvalue weighted by Crippen LogP contribution is 2.39. The normalized spacial score (nSPS) is 16.6. The number of fused-ring (bicyclic) bond motifs is 3. The number of aromatic nitrogens is 4. The van der Waals surface area contributed by atoms with Gasteiger partial charge in [0.15, 0.2) is 0 Å². The van der Waals surface area contributed by atoms with Gasteiger partial charge >= 0.3 is 0 Å². The number of piperazine rings is 1. The summed E-state index contributed by atoms with van der Waals surface area (Å²) in [5.41, 5.74) is 4.15. The number of hydrogen-bond acceptors (Lipinski definition) is 7. The minimum absolute atomic E-state index is 0.425. The van der Waals surface area contributed by atoms with E-state index in [0.717, 1.165) is 84.1 Å². The van der Waals surface area contributed by atoms with Crippen molar-refractivity contribution in [3.05, 3.63) is 65.5 Å². The fourth-order valence-electron chi connectivity index (χ4n) is 4.58. The molecule has 2 aromatic rings. The summed E-state index contributed by atoms with van der Waals surface area (Å²) in [6.07, 6.45) is 3.62. The van der Waals surface area contributed by atoms with E-state index in [0.29, 0.717) is 5.62 Å². The van der Waals surface area contributed by atoms with Gasteiger partial charge in [0.05, 0.1) is 11.9 Å². The molecule has 4 aliphatic rings. The third-order valence-electron chi connectivity index (χ3n) is 6.44. The number of anilines is 2. The third-order valence-corrected chi connectivity index (χ3v) is 6.77. The first-order valence-electron chi connectivity index (χ1n) is 11.5. The lowest BCUT2D eigenvalue weighted by atomic mass is 10.0. The Morgan fingerprint density at radius 3 is 2.59 bits per heavy atom. The lowest BCUT2D eigenvalue weighted by Crippen LogP contribution is -2.44. The molecule has 1 aromatic carbocycles. The van der Waals surface area contributed by atoms with Crippen LogP contribution in [-0.4, -0.2) is 64.2 Å². The topological polar surface area (TPSA) is 74.5 Å². The standard InChI is InChI=1S/C25H25ClN8/c1-32-10-12-33(13-11-32)22-7-6-18(16-28-22)30-25-29-15-17-14-20(19-4-2-3-5-21(19)26)24-27-8-9-34(24)23(17)31-25/h2-7,14-16,27H,8-13H2,1H3. The van der Waals surface area contributed by atoms with Crippen LogP contribution in [0.5, 0.6) is 0 Å². The molecule has 0 saturated carbocycles. The molecule has 6 rings (SSSR count). The SMILES string of the molecule is CN1CCN(c2ccc(N=c3ncc4cc(-c5ccccc5Cl)c5n(c-4n3)CCN5)cn2)CC1. The maximum absolute atomic E-state index is 6.50. The van der Waals surface area contributed by atoms with E-state index >= 15 is 0 Å². The maximum Gasteiger partial charge on any atom is 0.251 e. The molecule has 1 fully saturated rings. The number of halogens is 1. The monoisotopic (exact) mass is 472 g/mol. The van der Waals surface area contributed by atoms with Crippen molar-refractivity contribution in [1.82, 2.24) is 24.4 Å². The average Bonchev–Trinajstić information content (AvgIpc) is 3.36. The highest BCUT2D eigenvalue weighted by molar-refractivity contribution is 6.33. The number of nitrogens with zero attached hydrogens (tertiary/aromatic N) is 7. The van der Waals surface area contributed by atoms with Gasteiger partial charge in [-0.25, -0.2) is 15.0 Å². The van der Waals surface area contributed by atoms with Gasteiger partial charge in [-0.3, -0.25) is 0 Å². The van der Waals surface area contributed by atoms with Gasteiger partial charge in [-0.1, -0.05) is 29.8 Å². The van der Waals surface area contributed by atoms with Gasteiger partial charge < -0.3 is 19.7 Å². The minimum atomic E-state index is 0.425. The van der Waals surface area contributed by atoms with Gasteiger partial charge in [0, 0.05) is 67.2 Å². The number of rotatable bonds is 3. The second-order valence-electron chi connectivity index (χ2n) is 8.69. The molecule has 5 heterocycles. The molecule has 34 heavy (non-hydrogen) atoms. The number of pyridine rings is 2. The Kier molecular flexibility index (Phi) is 5.39. The first kappa shape index (κ1) is 21.1. The van der Waals surface area contributed by atoms with E-state index in [1.54, 1.807) is 6.20 Å². The largest absolute Gasteiger partial charge is 0.369 e. The molecule has 1 saturated heterocycles. The molecule has 0 aliphatic carbocycles. The fraction of sp³-hybridized carbons (Fsp3) is 0.280. The lowest BCUT2D eigenvalue weighted by Gasteiger charge is -2.33. The van der Waals surface area contributed by atoms with Crippen molar-refractivity contribution in [1.29, 1.82) is 0 Å². The Morgan fingerprint density at radius 1 is 0.941 bits per heavy atom. The molecule has 9 heteroatoms. The van der Waals surface area contributed by atoms with Crippen LogP contribution in [0.1, 0.15) is 0 Å². The Bertz CT molecular complexity index is 1370. The van der Waals surface area contributed by atoms with E-state index in [1.165, 1.54) is 0 Å². The second-order valence-corrected chi connectivity index (χ2v) is 9.10. The zero-order chi connectivity index (χ0) is 23.1. The Morgan fingerprint density at radius 2 is 1.79 bits per heavy atom. The van der Waals surface area contributed by atoms with Crippen molar-refractivity contribution >= 4 is 28.9 Å². The molecule has 4 aliphatic heterocycles. The number of benzene rings is 1. The van der Waals surface area contributed by atoms with E-state index in [4.69, 9.17) is 16.6 Å². The first-order valence-corrected chi connectivity index (χ1v) is 11.9. The van der Waals surface area contributed by atoms with E-state index in [1.807, 2.05) is 42.6 Å². The van der Waals surface area contributed by atoms with Crippen LogP contribution in [0.4, 0.5) is 17.3 Å². The molecule has 0 bridgehead atoms. The van der Waals surface area contributed by atoms with Crippen molar-refractivity contribution < 1.29 is 0 Å². The average molecular weight is 473 g/mol. The summed E-state index contributed by atoms with van der Waals surface area (Å²) in [5.74, 6) is 2.85. The molecular weight excluding hydrogens is 448 g/mol. The zero-order valence-corrected chi connectivity index (χ0v) is 19.7. The molecule has 172 valence electrons. The number of nitrogens with one attached hydrogen (secondary N) is 1. The Labute approximate surface area is 202 Å². The smallest absolute Gasteiger partial charge is 0.251 e. The Hall–Kier alpha value is -3.49. The minimum Gasteiger partial charge on any atom is -0.369 e. The molecule has 1 aromatic heterocycles. The highest BCUT2D eigenvalue weighted by Gasteiger charge is 2.23. The van der Waals surface area contributed by atoms with Crippen molar-refractivity contribution in [2.24, 2.45) is 4.99 Å². The molecule has 1 N–H and O–H groups in total. The third kappa shape index (κ3) is 3.89. The second kappa shape index (κ2) is 8.70. The summed E-state index contributed by atoms with van der Waals surface area (Å²) in [5, 5.41) is 4.21. The van der Waals surface area contributed by atoms with Crippen LogP contribution in [0.25, 0.3) is 22.5 Å². The molecule has 0 radical (unpaired) electrons. The summed E-state index contributed by atoms with van der Waals surface area (Å²) >= 11 is 6.50. The van der Waals surface area contributed by atoms with E-state index in [-0.39, 0.29) is 0 Å². The molecule has 0 amide bonds. The zero-order valence-electron chi connectivity index (χ0n) is 18.9. The fourth-order valence-corrected chi connectivity index (χ4v) is 4.82. The van der Waals surface area contributed by atoms with Gasteiger partial charge in [-0.15, -0.1) is 0 Å². The van der Waals surface area contributed by atoms with Crippen molar-refractivity contribution in [3.63, 3.8) is 0 Å². The van der Waals surface area contributed by atoms with Crippen molar-refractivity contribution in [2.45, 2.75) is 6.54 Å². The lowest BCUT2D eigenvalue weighted by molar-refractivity contribution is 0.312. The summed E-state index contributed by atoms with van der Waals surface area (Å²) in [7, 11) is 2.15. The van der Waals surface area contributed by atoms with Gasteiger partial charge in [0.1, 0.15) is 17.5 Å². The van der Waals surface area contributed by atoms with Crippen LogP contribution in [0.15, 0.2) is 59.9 Å². The predicted molar refractivity (Wildman–Crippen MR) is 135 cm³/mol. The van der Waals surface area contributed by atoms with Crippen LogP contribution in [0, 0.1) is 0 Å². The van der Waals surface area contributed by atoms with Gasteiger partial charge in [-0.2, -0.15) is 4.98 Å². The summed E-state index contributed by atoms with van der Waals surface area (Å²) < 4.78 is 2.18. The van der Waals surface area contributed by atoms with Crippen LogP contribution >= 0.6 is 11.6 Å². The Balaban J connectivity index is 1.35. The number of likely N-dealkylation sites (N-methyl/N-ethyl adjacent to an activating group) is 1. The van der Waals surface area contributed by atoms with E-state index < -0.39 is 0 Å². The van der Waals surface area contributed by atoms with Crippen molar-refractivity contribution in [2.75, 3.05) is 50.0 Å². The molecule has 8 nitrogen and oxygen atoms in total. The molecule has 0 unspecified atom stereocenters. The number of hydrogen-bond donors (Lipinski definition) is 1. The maximum atomic E-state index is 6.50. The highest BCUT2D eigenvalue weighted by atomic mass is 35.5.